The van der Waals surface area contributed by atoms with E-state index in [1.165, 1.54) is 4.90 Å². The van der Waals surface area contributed by atoms with Crippen LogP contribution in [0.15, 0.2) is 53.8 Å². The maximum atomic E-state index is 13.0. The lowest BCUT2D eigenvalue weighted by atomic mass is 9.93. The largest absolute Gasteiger partial charge is 0.503 e. The number of carbonyl (C=O) groups is 2. The fourth-order valence-electron chi connectivity index (χ4n) is 3.49. The van der Waals surface area contributed by atoms with Gasteiger partial charge in [0.25, 0.3) is 5.91 Å². The van der Waals surface area contributed by atoms with Crippen LogP contribution in [0.5, 0.6) is 5.75 Å². The Morgan fingerprint density at radius 3 is 2.56 bits per heavy atom. The lowest BCUT2D eigenvalue weighted by Crippen LogP contribution is -2.32. The molecular formula is C22H23NO4. The summed E-state index contributed by atoms with van der Waals surface area (Å²) in [6, 6.07) is 12.3. The Bertz CT molecular complexity index is 945. The van der Waals surface area contributed by atoms with Crippen LogP contribution in [-0.4, -0.2) is 23.9 Å². The van der Waals surface area contributed by atoms with Crippen LogP contribution < -0.4 is 9.64 Å². The Kier molecular flexibility index (Phi) is 5.04. The Balaban J connectivity index is 2.28. The van der Waals surface area contributed by atoms with Gasteiger partial charge in [-0.15, -0.1) is 0 Å². The van der Waals surface area contributed by atoms with Crippen molar-refractivity contribution in [3.8, 4) is 5.75 Å². The molecule has 1 heterocycles. The van der Waals surface area contributed by atoms with E-state index in [-0.39, 0.29) is 17.8 Å². The summed E-state index contributed by atoms with van der Waals surface area (Å²) < 4.78 is 5.47. The molecule has 0 radical (unpaired) electrons. The predicted molar refractivity (Wildman–Crippen MR) is 104 cm³/mol. The molecule has 27 heavy (non-hydrogen) atoms. The van der Waals surface area contributed by atoms with Crippen molar-refractivity contribution in [2.75, 3.05) is 12.0 Å². The fourth-order valence-corrected chi connectivity index (χ4v) is 3.49. The van der Waals surface area contributed by atoms with Gasteiger partial charge in [0.05, 0.1) is 18.7 Å². The van der Waals surface area contributed by atoms with Gasteiger partial charge in [0.15, 0.2) is 11.5 Å². The first-order valence-electron chi connectivity index (χ1n) is 8.90. The molecule has 0 spiro atoms. The number of rotatable bonds is 5. The number of aryl methyl sites for hydroxylation is 2. The molecule has 5 heteroatoms. The van der Waals surface area contributed by atoms with E-state index in [0.29, 0.717) is 17.0 Å². The predicted octanol–water partition coefficient (Wildman–Crippen LogP) is 4.19. The Labute approximate surface area is 158 Å². The number of methoxy groups -OCH3 is 1. The molecule has 1 amide bonds. The minimum absolute atomic E-state index is 0.118. The highest BCUT2D eigenvalue weighted by molar-refractivity contribution is 6.16. The van der Waals surface area contributed by atoms with Crippen molar-refractivity contribution in [1.82, 2.24) is 0 Å². The van der Waals surface area contributed by atoms with Crippen LogP contribution in [0.3, 0.4) is 0 Å². The number of hydrogen-bond acceptors (Lipinski definition) is 4. The summed E-state index contributed by atoms with van der Waals surface area (Å²) in [5.41, 5.74) is 3.31. The Morgan fingerprint density at radius 1 is 1.19 bits per heavy atom. The van der Waals surface area contributed by atoms with Gasteiger partial charge in [-0.05, 0) is 37.1 Å². The number of para-hydroxylation sites is 1. The first kappa shape index (κ1) is 18.7. The van der Waals surface area contributed by atoms with E-state index in [1.54, 1.807) is 20.1 Å². The molecule has 0 aliphatic carbocycles. The van der Waals surface area contributed by atoms with E-state index in [2.05, 4.69) is 0 Å². The summed E-state index contributed by atoms with van der Waals surface area (Å²) in [6.45, 7) is 5.55. The molecular weight excluding hydrogens is 342 g/mol. The van der Waals surface area contributed by atoms with E-state index in [0.717, 1.165) is 11.1 Å². The third-order valence-electron chi connectivity index (χ3n) is 4.89. The zero-order chi connectivity index (χ0) is 19.7. The van der Waals surface area contributed by atoms with Crippen molar-refractivity contribution in [2.45, 2.75) is 33.2 Å². The SMILES string of the molecule is CCC(=O)C1=C(O)C(=O)N(c2cc(C)ccc2C)C1c1ccccc1OC. The second kappa shape index (κ2) is 7.27. The average Bonchev–Trinajstić information content (AvgIpc) is 2.94. The van der Waals surface area contributed by atoms with Crippen LogP contribution in [0, 0.1) is 13.8 Å². The number of amides is 1. The highest BCUT2D eigenvalue weighted by atomic mass is 16.5. The van der Waals surface area contributed by atoms with E-state index in [1.807, 2.05) is 50.2 Å². The number of anilines is 1. The zero-order valence-corrected chi connectivity index (χ0v) is 15.9. The number of Topliss-reactive ketones (excluding diaryl/α,β-unsaturated/α-hetero) is 1. The van der Waals surface area contributed by atoms with E-state index >= 15 is 0 Å². The number of ether oxygens (including phenoxy) is 1. The maximum absolute atomic E-state index is 13.0. The molecule has 0 bridgehead atoms. The molecule has 140 valence electrons. The lowest BCUT2D eigenvalue weighted by Gasteiger charge is -2.29. The van der Waals surface area contributed by atoms with Crippen LogP contribution in [0.2, 0.25) is 0 Å². The topological polar surface area (TPSA) is 66.8 Å². The molecule has 0 aromatic heterocycles. The highest BCUT2D eigenvalue weighted by Crippen LogP contribution is 2.45. The monoisotopic (exact) mass is 365 g/mol. The van der Waals surface area contributed by atoms with E-state index < -0.39 is 17.7 Å². The minimum atomic E-state index is -0.735. The average molecular weight is 365 g/mol. The van der Waals surface area contributed by atoms with Gasteiger partial charge >= 0.3 is 0 Å². The summed E-state index contributed by atoms with van der Waals surface area (Å²) in [4.78, 5) is 27.2. The van der Waals surface area contributed by atoms with Crippen LogP contribution in [-0.2, 0) is 9.59 Å². The normalized spacial score (nSPS) is 16.8. The van der Waals surface area contributed by atoms with Gasteiger partial charge in [0.1, 0.15) is 5.75 Å². The van der Waals surface area contributed by atoms with Crippen LogP contribution in [0.4, 0.5) is 5.69 Å². The number of carbonyl (C=O) groups excluding carboxylic acids is 2. The van der Waals surface area contributed by atoms with Gasteiger partial charge in [-0.2, -0.15) is 0 Å². The van der Waals surface area contributed by atoms with Gasteiger partial charge in [-0.25, -0.2) is 0 Å². The lowest BCUT2D eigenvalue weighted by molar-refractivity contribution is -0.118. The van der Waals surface area contributed by atoms with Gasteiger partial charge in [0.2, 0.25) is 0 Å². The summed E-state index contributed by atoms with van der Waals surface area (Å²) in [6.07, 6.45) is 0.193. The third-order valence-corrected chi connectivity index (χ3v) is 4.89. The summed E-state index contributed by atoms with van der Waals surface area (Å²) >= 11 is 0. The third kappa shape index (κ3) is 3.10. The molecule has 0 saturated heterocycles. The Morgan fingerprint density at radius 2 is 1.89 bits per heavy atom. The van der Waals surface area contributed by atoms with Crippen LogP contribution in [0.25, 0.3) is 0 Å². The van der Waals surface area contributed by atoms with Crippen molar-refractivity contribution in [1.29, 1.82) is 0 Å². The maximum Gasteiger partial charge on any atom is 0.294 e. The summed E-state index contributed by atoms with van der Waals surface area (Å²) in [7, 11) is 1.54. The van der Waals surface area contributed by atoms with Crippen molar-refractivity contribution in [3.05, 3.63) is 70.5 Å². The molecule has 1 unspecified atom stereocenters. The van der Waals surface area contributed by atoms with Gasteiger partial charge in [-0.1, -0.05) is 37.3 Å². The van der Waals surface area contributed by atoms with Crippen LogP contribution >= 0.6 is 0 Å². The molecule has 1 N–H and O–H groups in total. The quantitative estimate of drug-likeness (QED) is 0.863. The molecule has 1 atom stereocenters. The highest BCUT2D eigenvalue weighted by Gasteiger charge is 2.45. The molecule has 5 nitrogen and oxygen atoms in total. The Hall–Kier alpha value is -3.08. The molecule has 1 aliphatic rings. The number of aliphatic hydroxyl groups is 1. The minimum Gasteiger partial charge on any atom is -0.503 e. The summed E-state index contributed by atoms with van der Waals surface area (Å²) in [5, 5.41) is 10.6. The second-order valence-electron chi connectivity index (χ2n) is 6.65. The van der Waals surface area contributed by atoms with E-state index in [9.17, 15) is 14.7 Å². The fraction of sp³-hybridized carbons (Fsp3) is 0.273. The first-order chi connectivity index (χ1) is 12.9. The van der Waals surface area contributed by atoms with Gasteiger partial charge in [0, 0.05) is 17.7 Å². The number of nitrogens with zero attached hydrogens (tertiary/aromatic N) is 1. The number of aliphatic hydroxyl groups excluding tert-OH is 1. The second-order valence-corrected chi connectivity index (χ2v) is 6.65. The van der Waals surface area contributed by atoms with Crippen molar-refractivity contribution >= 4 is 17.4 Å². The number of ketones is 1. The standard InChI is InChI=1S/C22H23NO4/c1-5-17(24)19-20(15-8-6-7-9-18(15)27-4)23(22(26)21(19)25)16-12-13(2)10-11-14(16)3/h6-12,20,25H,5H2,1-4H3. The molecule has 2 aromatic rings. The van der Waals surface area contributed by atoms with E-state index in [4.69, 9.17) is 4.74 Å². The molecule has 3 rings (SSSR count). The summed E-state index contributed by atoms with van der Waals surface area (Å²) in [5.74, 6) is -0.763. The number of benzene rings is 2. The molecule has 0 saturated carbocycles. The van der Waals surface area contributed by atoms with Crippen LogP contribution in [0.1, 0.15) is 36.1 Å². The smallest absolute Gasteiger partial charge is 0.294 e. The van der Waals surface area contributed by atoms with Crippen molar-refractivity contribution in [2.24, 2.45) is 0 Å². The first-order valence-corrected chi connectivity index (χ1v) is 8.90. The molecule has 1 aliphatic heterocycles. The molecule has 0 fully saturated rings. The van der Waals surface area contributed by atoms with Crippen molar-refractivity contribution in [3.63, 3.8) is 0 Å². The molecule has 2 aromatic carbocycles. The van der Waals surface area contributed by atoms with Gasteiger partial charge in [-0.3, -0.25) is 14.5 Å². The zero-order valence-electron chi connectivity index (χ0n) is 15.9. The number of hydrogen-bond donors (Lipinski definition) is 1. The van der Waals surface area contributed by atoms with Crippen molar-refractivity contribution < 1.29 is 19.4 Å². The van der Waals surface area contributed by atoms with Gasteiger partial charge < -0.3 is 9.84 Å².